The summed E-state index contributed by atoms with van der Waals surface area (Å²) in [6, 6.07) is 10.3. The lowest BCUT2D eigenvalue weighted by atomic mass is 10.1. The van der Waals surface area contributed by atoms with E-state index in [1.54, 1.807) is 29.8 Å². The summed E-state index contributed by atoms with van der Waals surface area (Å²) in [6.45, 7) is 3.09. The average Bonchev–Trinajstić information content (AvgIpc) is 3.27. The number of ether oxygens (including phenoxy) is 1. The number of anilines is 1. The molecule has 5 nitrogen and oxygen atoms in total. The molecule has 1 aromatic carbocycles. The molecule has 0 amide bonds. The van der Waals surface area contributed by atoms with Gasteiger partial charge in [-0.1, -0.05) is 30.3 Å². The first-order valence-electron chi connectivity index (χ1n) is 8.22. The van der Waals surface area contributed by atoms with Crippen LogP contribution in [0.5, 0.6) is 0 Å². The van der Waals surface area contributed by atoms with Gasteiger partial charge >= 0.3 is 0 Å². The average molecular weight is 383 g/mol. The highest BCUT2D eigenvalue weighted by molar-refractivity contribution is 7.17. The first-order valence-corrected chi connectivity index (χ1v) is 9.92. The molecule has 3 heterocycles. The number of aromatic nitrogens is 3. The predicted octanol–water partition coefficient (Wildman–Crippen LogP) is 4.88. The molecule has 7 heteroatoms. The quantitative estimate of drug-likeness (QED) is 0.515. The molecule has 4 aromatic rings. The molecule has 0 atom stereocenters. The van der Waals surface area contributed by atoms with Crippen LogP contribution in [-0.2, 0) is 17.9 Å². The lowest BCUT2D eigenvalue weighted by Gasteiger charge is -2.10. The van der Waals surface area contributed by atoms with E-state index in [9.17, 15) is 0 Å². The van der Waals surface area contributed by atoms with Crippen LogP contribution in [0, 0.1) is 6.92 Å². The Kier molecular flexibility index (Phi) is 4.92. The fourth-order valence-electron chi connectivity index (χ4n) is 2.80. The van der Waals surface area contributed by atoms with E-state index >= 15 is 0 Å². The normalized spacial score (nSPS) is 11.2. The standard InChI is InChI=1S/C19H18N4OS2/c1-12-20-8-14(26-12)9-21-18-17-15(13-6-4-3-5-7-13)11-25-19(17)23-16(22-18)10-24-2/h3-8,11H,9-10H2,1-2H3,(H,21,22,23). The molecule has 4 rings (SSSR count). The molecule has 0 saturated heterocycles. The highest BCUT2D eigenvalue weighted by Gasteiger charge is 2.15. The van der Waals surface area contributed by atoms with Gasteiger partial charge < -0.3 is 10.1 Å². The molecular formula is C19H18N4OS2. The number of thiophene rings is 1. The summed E-state index contributed by atoms with van der Waals surface area (Å²) in [6.07, 6.45) is 1.91. The number of aryl methyl sites for hydroxylation is 1. The number of hydrogen-bond donors (Lipinski definition) is 1. The minimum absolute atomic E-state index is 0.392. The molecule has 0 bridgehead atoms. The molecule has 0 saturated carbocycles. The summed E-state index contributed by atoms with van der Waals surface area (Å²) in [7, 11) is 1.66. The number of thiazole rings is 1. The molecule has 26 heavy (non-hydrogen) atoms. The van der Waals surface area contributed by atoms with Gasteiger partial charge in [0.1, 0.15) is 17.3 Å². The monoisotopic (exact) mass is 382 g/mol. The summed E-state index contributed by atoms with van der Waals surface area (Å²) in [4.78, 5) is 15.8. The van der Waals surface area contributed by atoms with Gasteiger partial charge in [-0.2, -0.15) is 0 Å². The third-order valence-electron chi connectivity index (χ3n) is 3.94. The van der Waals surface area contributed by atoms with Crippen molar-refractivity contribution in [1.29, 1.82) is 0 Å². The number of hydrogen-bond acceptors (Lipinski definition) is 7. The van der Waals surface area contributed by atoms with Crippen molar-refractivity contribution in [2.45, 2.75) is 20.1 Å². The lowest BCUT2D eigenvalue weighted by Crippen LogP contribution is -2.05. The van der Waals surface area contributed by atoms with Crippen LogP contribution < -0.4 is 5.32 Å². The van der Waals surface area contributed by atoms with Crippen LogP contribution in [0.1, 0.15) is 15.7 Å². The van der Waals surface area contributed by atoms with Gasteiger partial charge in [0.25, 0.3) is 0 Å². The topological polar surface area (TPSA) is 59.9 Å². The molecule has 0 fully saturated rings. The molecule has 0 aliphatic rings. The van der Waals surface area contributed by atoms with Crippen molar-refractivity contribution in [3.63, 3.8) is 0 Å². The molecule has 1 N–H and O–H groups in total. The molecule has 0 radical (unpaired) electrons. The van der Waals surface area contributed by atoms with Crippen LogP contribution in [0.2, 0.25) is 0 Å². The number of benzene rings is 1. The van der Waals surface area contributed by atoms with E-state index in [2.05, 4.69) is 32.8 Å². The summed E-state index contributed by atoms with van der Waals surface area (Å²) >= 11 is 3.32. The first kappa shape index (κ1) is 17.1. The largest absolute Gasteiger partial charge is 0.377 e. The minimum Gasteiger partial charge on any atom is -0.377 e. The van der Waals surface area contributed by atoms with Crippen molar-refractivity contribution in [1.82, 2.24) is 15.0 Å². The van der Waals surface area contributed by atoms with Crippen LogP contribution in [-0.4, -0.2) is 22.1 Å². The van der Waals surface area contributed by atoms with E-state index in [0.717, 1.165) is 26.6 Å². The fourth-order valence-corrected chi connectivity index (χ4v) is 4.50. The van der Waals surface area contributed by atoms with Gasteiger partial charge in [0, 0.05) is 29.1 Å². The lowest BCUT2D eigenvalue weighted by molar-refractivity contribution is 0.178. The Morgan fingerprint density at radius 1 is 1.15 bits per heavy atom. The van der Waals surface area contributed by atoms with Crippen molar-refractivity contribution in [2.24, 2.45) is 0 Å². The van der Waals surface area contributed by atoms with Gasteiger partial charge in [-0.25, -0.2) is 15.0 Å². The summed E-state index contributed by atoms with van der Waals surface area (Å²) in [5.41, 5.74) is 2.32. The molecule has 0 spiro atoms. The van der Waals surface area contributed by atoms with Crippen LogP contribution >= 0.6 is 22.7 Å². The van der Waals surface area contributed by atoms with E-state index in [-0.39, 0.29) is 0 Å². The highest BCUT2D eigenvalue weighted by Crippen LogP contribution is 2.37. The highest BCUT2D eigenvalue weighted by atomic mass is 32.1. The van der Waals surface area contributed by atoms with Crippen LogP contribution in [0.25, 0.3) is 21.3 Å². The van der Waals surface area contributed by atoms with Crippen molar-refractivity contribution in [3.05, 3.63) is 57.6 Å². The van der Waals surface area contributed by atoms with Crippen molar-refractivity contribution in [3.8, 4) is 11.1 Å². The van der Waals surface area contributed by atoms with Gasteiger partial charge in [0.15, 0.2) is 5.82 Å². The van der Waals surface area contributed by atoms with Crippen LogP contribution in [0.15, 0.2) is 41.9 Å². The Labute approximate surface area is 159 Å². The summed E-state index contributed by atoms with van der Waals surface area (Å²) < 4.78 is 5.23. The van der Waals surface area contributed by atoms with Crippen molar-refractivity contribution >= 4 is 38.7 Å². The third-order valence-corrected chi connectivity index (χ3v) is 5.72. The van der Waals surface area contributed by atoms with E-state index in [1.807, 2.05) is 31.3 Å². The third kappa shape index (κ3) is 3.46. The second-order valence-electron chi connectivity index (χ2n) is 5.82. The van der Waals surface area contributed by atoms with Crippen molar-refractivity contribution in [2.75, 3.05) is 12.4 Å². The maximum absolute atomic E-state index is 5.23. The zero-order valence-corrected chi connectivity index (χ0v) is 16.2. The Morgan fingerprint density at radius 3 is 2.73 bits per heavy atom. The fraction of sp³-hybridized carbons (Fsp3) is 0.211. The zero-order chi connectivity index (χ0) is 17.9. The van der Waals surface area contributed by atoms with E-state index in [1.165, 1.54) is 10.4 Å². The summed E-state index contributed by atoms with van der Waals surface area (Å²) in [5, 5.41) is 7.75. The molecular weight excluding hydrogens is 364 g/mol. The number of methoxy groups -OCH3 is 1. The van der Waals surface area contributed by atoms with Gasteiger partial charge in [0.05, 0.1) is 16.9 Å². The minimum atomic E-state index is 0.392. The van der Waals surface area contributed by atoms with Gasteiger partial charge in [-0.3, -0.25) is 0 Å². The molecule has 0 aliphatic heterocycles. The smallest absolute Gasteiger partial charge is 0.158 e. The molecule has 3 aromatic heterocycles. The maximum Gasteiger partial charge on any atom is 0.158 e. The van der Waals surface area contributed by atoms with Gasteiger partial charge in [-0.15, -0.1) is 22.7 Å². The SMILES string of the molecule is COCc1nc(NCc2cnc(C)s2)c2c(-c3ccccc3)csc2n1. The zero-order valence-electron chi connectivity index (χ0n) is 14.5. The van der Waals surface area contributed by atoms with Gasteiger partial charge in [0.2, 0.25) is 0 Å². The van der Waals surface area contributed by atoms with E-state index in [4.69, 9.17) is 9.72 Å². The number of fused-ring (bicyclic) bond motifs is 1. The molecule has 132 valence electrons. The number of rotatable bonds is 6. The first-order chi connectivity index (χ1) is 12.7. The van der Waals surface area contributed by atoms with Crippen molar-refractivity contribution < 1.29 is 4.74 Å². The maximum atomic E-state index is 5.23. The Balaban J connectivity index is 1.77. The predicted molar refractivity (Wildman–Crippen MR) is 108 cm³/mol. The Morgan fingerprint density at radius 2 is 2.00 bits per heavy atom. The Bertz CT molecular complexity index is 1030. The number of nitrogens with zero attached hydrogens (tertiary/aromatic N) is 3. The Hall–Kier alpha value is -2.35. The van der Waals surface area contributed by atoms with Crippen LogP contribution in [0.4, 0.5) is 5.82 Å². The second-order valence-corrected chi connectivity index (χ2v) is 7.99. The molecule has 0 unspecified atom stereocenters. The number of nitrogens with one attached hydrogen (secondary N) is 1. The second kappa shape index (κ2) is 7.49. The van der Waals surface area contributed by atoms with E-state index in [0.29, 0.717) is 19.0 Å². The van der Waals surface area contributed by atoms with E-state index < -0.39 is 0 Å². The molecule has 0 aliphatic carbocycles. The van der Waals surface area contributed by atoms with Crippen LogP contribution in [0.3, 0.4) is 0 Å². The van der Waals surface area contributed by atoms with Gasteiger partial charge in [-0.05, 0) is 12.5 Å². The summed E-state index contributed by atoms with van der Waals surface area (Å²) in [5.74, 6) is 1.53.